The third-order valence-electron chi connectivity index (χ3n) is 4.01. The van der Waals surface area contributed by atoms with Crippen LogP contribution in [-0.4, -0.2) is 17.0 Å². The minimum absolute atomic E-state index is 0.0666. The van der Waals surface area contributed by atoms with Gasteiger partial charge in [-0.3, -0.25) is 9.59 Å². The summed E-state index contributed by atoms with van der Waals surface area (Å²) in [6, 6.07) is 7.53. The molecular formula is C15H18BrNO3. The molecule has 2 N–H and O–H groups in total. The number of carboxylic acids is 1. The summed E-state index contributed by atoms with van der Waals surface area (Å²) in [5, 5.41) is 12.1. The van der Waals surface area contributed by atoms with Gasteiger partial charge in [0.05, 0.1) is 11.5 Å². The van der Waals surface area contributed by atoms with E-state index in [-0.39, 0.29) is 18.4 Å². The Balaban J connectivity index is 1.98. The first-order chi connectivity index (χ1) is 9.44. The Morgan fingerprint density at radius 1 is 1.40 bits per heavy atom. The molecule has 1 unspecified atom stereocenters. The maximum atomic E-state index is 12.1. The first-order valence-electron chi connectivity index (χ1n) is 6.72. The second-order valence-electron chi connectivity index (χ2n) is 5.43. The third-order valence-corrected chi connectivity index (χ3v) is 4.73. The molecule has 0 aromatic heterocycles. The maximum absolute atomic E-state index is 12.1. The van der Waals surface area contributed by atoms with Crippen LogP contribution in [-0.2, 0) is 9.59 Å². The lowest BCUT2D eigenvalue weighted by atomic mass is 9.66. The van der Waals surface area contributed by atoms with Crippen molar-refractivity contribution in [2.75, 3.05) is 0 Å². The van der Waals surface area contributed by atoms with E-state index in [9.17, 15) is 14.7 Å². The number of benzene rings is 1. The second-order valence-corrected chi connectivity index (χ2v) is 6.28. The van der Waals surface area contributed by atoms with E-state index in [1.54, 1.807) is 0 Å². The van der Waals surface area contributed by atoms with Crippen molar-refractivity contribution >= 4 is 27.8 Å². The molecule has 0 aliphatic heterocycles. The van der Waals surface area contributed by atoms with Crippen molar-refractivity contribution in [3.8, 4) is 0 Å². The highest BCUT2D eigenvalue weighted by Crippen LogP contribution is 2.44. The van der Waals surface area contributed by atoms with Crippen LogP contribution in [0.4, 0.5) is 0 Å². The van der Waals surface area contributed by atoms with Crippen molar-refractivity contribution in [3.05, 3.63) is 34.3 Å². The number of carbonyl (C=O) groups is 2. The molecule has 0 spiro atoms. The monoisotopic (exact) mass is 339 g/mol. The van der Waals surface area contributed by atoms with Gasteiger partial charge in [0, 0.05) is 10.9 Å². The van der Waals surface area contributed by atoms with Crippen molar-refractivity contribution in [1.29, 1.82) is 0 Å². The van der Waals surface area contributed by atoms with Gasteiger partial charge in [0.25, 0.3) is 0 Å². The summed E-state index contributed by atoms with van der Waals surface area (Å²) in [6.45, 7) is 1.90. The molecule has 1 fully saturated rings. The van der Waals surface area contributed by atoms with Crippen LogP contribution < -0.4 is 5.32 Å². The normalized spacial score (nSPS) is 17.9. The SMILES string of the molecule is CC(NC(=O)CC1(C(=O)O)CCC1)c1ccccc1Br. The van der Waals surface area contributed by atoms with Gasteiger partial charge in [-0.1, -0.05) is 40.5 Å². The highest BCUT2D eigenvalue weighted by molar-refractivity contribution is 9.10. The Bertz CT molecular complexity index is 526. The van der Waals surface area contributed by atoms with Gasteiger partial charge in [0.15, 0.2) is 0 Å². The number of halogens is 1. The Labute approximate surface area is 126 Å². The highest BCUT2D eigenvalue weighted by Gasteiger charge is 2.45. The fourth-order valence-corrected chi connectivity index (χ4v) is 3.20. The smallest absolute Gasteiger partial charge is 0.310 e. The lowest BCUT2D eigenvalue weighted by Crippen LogP contribution is -2.43. The zero-order valence-corrected chi connectivity index (χ0v) is 12.9. The van der Waals surface area contributed by atoms with E-state index in [4.69, 9.17) is 0 Å². The lowest BCUT2D eigenvalue weighted by molar-refractivity contribution is -0.157. The molecule has 1 aliphatic rings. The number of carboxylic acid groups (broad SMARTS) is 1. The van der Waals surface area contributed by atoms with Gasteiger partial charge >= 0.3 is 5.97 Å². The summed E-state index contributed by atoms with van der Waals surface area (Å²) in [5.41, 5.74) is 0.149. The van der Waals surface area contributed by atoms with Crippen molar-refractivity contribution in [1.82, 2.24) is 5.32 Å². The van der Waals surface area contributed by atoms with E-state index in [1.807, 2.05) is 31.2 Å². The first-order valence-corrected chi connectivity index (χ1v) is 7.51. The molecule has 0 radical (unpaired) electrons. The Morgan fingerprint density at radius 2 is 2.05 bits per heavy atom. The van der Waals surface area contributed by atoms with E-state index in [0.29, 0.717) is 12.8 Å². The quantitative estimate of drug-likeness (QED) is 0.865. The van der Waals surface area contributed by atoms with Crippen LogP contribution in [0.1, 0.15) is 44.2 Å². The Hall–Kier alpha value is -1.36. The second kappa shape index (κ2) is 5.95. The molecule has 0 bridgehead atoms. The van der Waals surface area contributed by atoms with Crippen LogP contribution in [0.15, 0.2) is 28.7 Å². The summed E-state index contributed by atoms with van der Waals surface area (Å²) in [7, 11) is 0. The van der Waals surface area contributed by atoms with Crippen molar-refractivity contribution in [3.63, 3.8) is 0 Å². The lowest BCUT2D eigenvalue weighted by Gasteiger charge is -2.37. The van der Waals surface area contributed by atoms with Crippen LogP contribution in [0.25, 0.3) is 0 Å². The molecule has 108 valence electrons. The number of nitrogens with one attached hydrogen (secondary N) is 1. The summed E-state index contributed by atoms with van der Waals surface area (Å²) >= 11 is 3.45. The van der Waals surface area contributed by atoms with Gasteiger partial charge in [-0.25, -0.2) is 0 Å². The topological polar surface area (TPSA) is 66.4 Å². The van der Waals surface area contributed by atoms with Gasteiger partial charge in [-0.2, -0.15) is 0 Å². The third kappa shape index (κ3) is 3.03. The number of hydrogen-bond donors (Lipinski definition) is 2. The van der Waals surface area contributed by atoms with Crippen LogP contribution >= 0.6 is 15.9 Å². The molecule has 1 amide bonds. The Kier molecular flexibility index (Phi) is 4.48. The summed E-state index contributed by atoms with van der Waals surface area (Å²) < 4.78 is 0.935. The minimum atomic E-state index is -0.854. The van der Waals surface area contributed by atoms with Gasteiger partial charge in [0.1, 0.15) is 0 Å². The Morgan fingerprint density at radius 3 is 2.55 bits per heavy atom. The van der Waals surface area contributed by atoms with Crippen LogP contribution in [0.3, 0.4) is 0 Å². The fraction of sp³-hybridized carbons (Fsp3) is 0.467. The molecule has 1 aliphatic carbocycles. The molecular weight excluding hydrogens is 322 g/mol. The number of rotatable bonds is 5. The van der Waals surface area contributed by atoms with E-state index in [1.165, 1.54) is 0 Å². The fourth-order valence-electron chi connectivity index (χ4n) is 2.57. The van der Waals surface area contributed by atoms with Crippen molar-refractivity contribution in [2.24, 2.45) is 5.41 Å². The standard InChI is InChI=1S/C15H18BrNO3/c1-10(11-5-2-3-6-12(11)16)17-13(18)9-15(14(19)20)7-4-8-15/h2-3,5-6,10H,4,7-9H2,1H3,(H,17,18)(H,19,20). The van der Waals surface area contributed by atoms with E-state index >= 15 is 0 Å². The molecule has 1 saturated carbocycles. The molecule has 1 aromatic rings. The highest BCUT2D eigenvalue weighted by atomic mass is 79.9. The summed E-state index contributed by atoms with van der Waals surface area (Å²) in [5.74, 6) is -1.05. The van der Waals surface area contributed by atoms with Gasteiger partial charge in [-0.05, 0) is 31.4 Å². The molecule has 20 heavy (non-hydrogen) atoms. The number of carbonyl (C=O) groups excluding carboxylic acids is 1. The average Bonchev–Trinajstić information content (AvgIpc) is 2.33. The maximum Gasteiger partial charge on any atom is 0.310 e. The molecule has 1 aromatic carbocycles. The molecule has 0 heterocycles. The zero-order chi connectivity index (χ0) is 14.8. The number of amides is 1. The first kappa shape index (κ1) is 15.0. The van der Waals surface area contributed by atoms with Crippen molar-refractivity contribution in [2.45, 2.75) is 38.6 Å². The van der Waals surface area contributed by atoms with Crippen LogP contribution in [0.2, 0.25) is 0 Å². The summed E-state index contributed by atoms with van der Waals surface area (Å²) in [6.07, 6.45) is 2.15. The average molecular weight is 340 g/mol. The van der Waals surface area contributed by atoms with E-state index in [2.05, 4.69) is 21.2 Å². The molecule has 1 atom stereocenters. The van der Waals surface area contributed by atoms with E-state index in [0.717, 1.165) is 16.5 Å². The zero-order valence-electron chi connectivity index (χ0n) is 11.4. The number of hydrogen-bond acceptors (Lipinski definition) is 2. The van der Waals surface area contributed by atoms with Crippen molar-refractivity contribution < 1.29 is 14.7 Å². The van der Waals surface area contributed by atoms with E-state index < -0.39 is 11.4 Å². The van der Waals surface area contributed by atoms with Crippen LogP contribution in [0.5, 0.6) is 0 Å². The van der Waals surface area contributed by atoms with Crippen LogP contribution in [0, 0.1) is 5.41 Å². The predicted molar refractivity (Wildman–Crippen MR) is 79.2 cm³/mol. The molecule has 0 saturated heterocycles. The predicted octanol–water partition coefficient (Wildman–Crippen LogP) is 3.27. The molecule has 5 heteroatoms. The minimum Gasteiger partial charge on any atom is -0.481 e. The van der Waals surface area contributed by atoms with Gasteiger partial charge < -0.3 is 10.4 Å². The van der Waals surface area contributed by atoms with Gasteiger partial charge in [-0.15, -0.1) is 0 Å². The molecule has 2 rings (SSSR count). The largest absolute Gasteiger partial charge is 0.481 e. The van der Waals surface area contributed by atoms with Gasteiger partial charge in [0.2, 0.25) is 5.91 Å². The molecule has 4 nitrogen and oxygen atoms in total. The summed E-state index contributed by atoms with van der Waals surface area (Å²) in [4.78, 5) is 23.3. The number of aliphatic carboxylic acids is 1.